The molecule has 2 atom stereocenters. The van der Waals surface area contributed by atoms with Gasteiger partial charge in [0.05, 0.1) is 12.6 Å². The van der Waals surface area contributed by atoms with Crippen molar-refractivity contribution in [3.8, 4) is 0 Å². The maximum atomic E-state index is 6.02. The lowest BCUT2D eigenvalue weighted by molar-refractivity contribution is -0.00300. The topological polar surface area (TPSA) is 34.4 Å². The van der Waals surface area contributed by atoms with Crippen molar-refractivity contribution in [1.82, 2.24) is 5.32 Å². The number of nitrogens with one attached hydrogen (secondary N) is 1. The molecule has 114 valence electrons. The molecular formula is C17H29NO2. The van der Waals surface area contributed by atoms with Gasteiger partial charge in [0, 0.05) is 0 Å². The van der Waals surface area contributed by atoms with Gasteiger partial charge in [0.2, 0.25) is 0 Å². The monoisotopic (exact) mass is 279 g/mol. The average Bonchev–Trinajstić information content (AvgIpc) is 2.78. The Morgan fingerprint density at radius 2 is 2.25 bits per heavy atom. The highest BCUT2D eigenvalue weighted by Crippen LogP contribution is 2.26. The van der Waals surface area contributed by atoms with Crippen molar-refractivity contribution in [3.05, 3.63) is 23.2 Å². The van der Waals surface area contributed by atoms with Gasteiger partial charge in [-0.1, -0.05) is 26.7 Å². The molecule has 1 aliphatic rings. The molecule has 1 aliphatic carbocycles. The molecule has 1 N–H and O–H groups in total. The minimum atomic E-state index is 0.422. The van der Waals surface area contributed by atoms with E-state index in [-0.39, 0.29) is 0 Å². The molecule has 0 bridgehead atoms. The summed E-state index contributed by atoms with van der Waals surface area (Å²) in [5.41, 5.74) is 1.23. The lowest BCUT2D eigenvalue weighted by atomic mass is 9.89. The third-order valence-corrected chi connectivity index (χ3v) is 4.13. The molecule has 1 fully saturated rings. The number of hydrogen-bond acceptors (Lipinski definition) is 3. The Labute approximate surface area is 123 Å². The smallest absolute Gasteiger partial charge is 0.130 e. The molecule has 1 aromatic rings. The zero-order chi connectivity index (χ0) is 14.4. The lowest BCUT2D eigenvalue weighted by Gasteiger charge is -2.26. The minimum Gasteiger partial charge on any atom is -0.462 e. The van der Waals surface area contributed by atoms with Crippen molar-refractivity contribution in [2.45, 2.75) is 72.1 Å². The van der Waals surface area contributed by atoms with Crippen LogP contribution in [0, 0.1) is 12.8 Å². The Balaban J connectivity index is 1.79. The van der Waals surface area contributed by atoms with E-state index in [0.717, 1.165) is 36.9 Å². The Morgan fingerprint density at radius 1 is 1.40 bits per heavy atom. The maximum Gasteiger partial charge on any atom is 0.130 e. The first-order valence-electron chi connectivity index (χ1n) is 8.09. The second-order valence-corrected chi connectivity index (χ2v) is 6.20. The summed E-state index contributed by atoms with van der Waals surface area (Å²) >= 11 is 0. The zero-order valence-electron chi connectivity index (χ0n) is 13.2. The van der Waals surface area contributed by atoms with E-state index in [0.29, 0.717) is 12.7 Å². The van der Waals surface area contributed by atoms with E-state index in [1.165, 1.54) is 31.2 Å². The third-order valence-electron chi connectivity index (χ3n) is 4.13. The summed E-state index contributed by atoms with van der Waals surface area (Å²) in [5.74, 6) is 2.82. The number of ether oxygens (including phenoxy) is 1. The molecule has 3 heteroatoms. The van der Waals surface area contributed by atoms with E-state index in [1.54, 1.807) is 0 Å². The molecule has 0 amide bonds. The van der Waals surface area contributed by atoms with E-state index in [1.807, 2.05) is 0 Å². The van der Waals surface area contributed by atoms with E-state index in [2.05, 4.69) is 32.2 Å². The maximum absolute atomic E-state index is 6.02. The SMILES string of the molecule is CCCNCc1oc(COC2CCCC(C)C2)cc1C. The van der Waals surface area contributed by atoms with Crippen molar-refractivity contribution >= 4 is 0 Å². The van der Waals surface area contributed by atoms with Gasteiger partial charge >= 0.3 is 0 Å². The highest BCUT2D eigenvalue weighted by Gasteiger charge is 2.19. The Bertz CT molecular complexity index is 400. The van der Waals surface area contributed by atoms with E-state index in [4.69, 9.17) is 9.15 Å². The van der Waals surface area contributed by atoms with Crippen LogP contribution in [0.4, 0.5) is 0 Å². The second kappa shape index (κ2) is 7.84. The summed E-state index contributed by atoms with van der Waals surface area (Å²) < 4.78 is 11.9. The first-order chi connectivity index (χ1) is 9.69. The predicted molar refractivity (Wildman–Crippen MR) is 81.7 cm³/mol. The first kappa shape index (κ1) is 15.6. The van der Waals surface area contributed by atoms with Crippen LogP contribution in [0.1, 0.15) is 63.0 Å². The number of hydrogen-bond donors (Lipinski definition) is 1. The first-order valence-corrected chi connectivity index (χ1v) is 8.09. The lowest BCUT2D eigenvalue weighted by Crippen LogP contribution is -2.21. The molecule has 0 radical (unpaired) electrons. The summed E-state index contributed by atoms with van der Waals surface area (Å²) in [6.07, 6.45) is 6.63. The second-order valence-electron chi connectivity index (χ2n) is 6.20. The van der Waals surface area contributed by atoms with Crippen molar-refractivity contribution in [1.29, 1.82) is 0 Å². The van der Waals surface area contributed by atoms with Crippen LogP contribution in [0.25, 0.3) is 0 Å². The quantitative estimate of drug-likeness (QED) is 0.760. The van der Waals surface area contributed by atoms with Crippen molar-refractivity contribution in [2.75, 3.05) is 6.54 Å². The Morgan fingerprint density at radius 3 is 3.00 bits per heavy atom. The molecule has 20 heavy (non-hydrogen) atoms. The summed E-state index contributed by atoms with van der Waals surface area (Å²) in [6.45, 7) is 9.08. The number of rotatable bonds is 7. The van der Waals surface area contributed by atoms with E-state index >= 15 is 0 Å². The van der Waals surface area contributed by atoms with Crippen LogP contribution >= 0.6 is 0 Å². The van der Waals surface area contributed by atoms with Crippen LogP contribution in [-0.2, 0) is 17.9 Å². The van der Waals surface area contributed by atoms with E-state index < -0.39 is 0 Å². The average molecular weight is 279 g/mol. The van der Waals surface area contributed by atoms with Gasteiger partial charge in [-0.3, -0.25) is 0 Å². The third kappa shape index (κ3) is 4.64. The molecule has 3 nitrogen and oxygen atoms in total. The molecule has 0 aliphatic heterocycles. The normalized spacial score (nSPS) is 23.1. The van der Waals surface area contributed by atoms with Crippen molar-refractivity contribution < 1.29 is 9.15 Å². The largest absolute Gasteiger partial charge is 0.462 e. The van der Waals surface area contributed by atoms with Crippen LogP contribution in [0.15, 0.2) is 10.5 Å². The van der Waals surface area contributed by atoms with Gasteiger partial charge in [-0.2, -0.15) is 0 Å². The zero-order valence-corrected chi connectivity index (χ0v) is 13.2. The van der Waals surface area contributed by atoms with Gasteiger partial charge in [0.1, 0.15) is 18.1 Å². The van der Waals surface area contributed by atoms with Gasteiger partial charge < -0.3 is 14.5 Å². The molecule has 0 saturated heterocycles. The Hall–Kier alpha value is -0.800. The fourth-order valence-electron chi connectivity index (χ4n) is 2.95. The molecule has 2 rings (SSSR count). The van der Waals surface area contributed by atoms with Gasteiger partial charge in [0.25, 0.3) is 0 Å². The molecule has 1 aromatic heterocycles. The van der Waals surface area contributed by atoms with Crippen molar-refractivity contribution in [2.24, 2.45) is 5.92 Å². The highest BCUT2D eigenvalue weighted by atomic mass is 16.5. The Kier molecular flexibility index (Phi) is 6.11. The molecule has 0 spiro atoms. The fraction of sp³-hybridized carbons (Fsp3) is 0.765. The van der Waals surface area contributed by atoms with Crippen LogP contribution in [0.5, 0.6) is 0 Å². The number of furan rings is 1. The summed E-state index contributed by atoms with van der Waals surface area (Å²) in [6, 6.07) is 2.12. The molecule has 1 saturated carbocycles. The molecule has 1 heterocycles. The van der Waals surface area contributed by atoms with Gasteiger partial charge in [-0.15, -0.1) is 0 Å². The molecule has 0 aromatic carbocycles. The van der Waals surface area contributed by atoms with Crippen LogP contribution in [0.3, 0.4) is 0 Å². The van der Waals surface area contributed by atoms with E-state index in [9.17, 15) is 0 Å². The summed E-state index contributed by atoms with van der Waals surface area (Å²) in [4.78, 5) is 0. The predicted octanol–water partition coefficient (Wildman–Crippen LogP) is 4.18. The van der Waals surface area contributed by atoms with Crippen LogP contribution in [0.2, 0.25) is 0 Å². The minimum absolute atomic E-state index is 0.422. The highest BCUT2D eigenvalue weighted by molar-refractivity contribution is 5.19. The summed E-state index contributed by atoms with van der Waals surface area (Å²) in [7, 11) is 0. The molecule has 2 unspecified atom stereocenters. The van der Waals surface area contributed by atoms with Crippen molar-refractivity contribution in [3.63, 3.8) is 0 Å². The van der Waals surface area contributed by atoms with Crippen LogP contribution < -0.4 is 5.32 Å². The molecular weight excluding hydrogens is 250 g/mol. The van der Waals surface area contributed by atoms with Gasteiger partial charge in [-0.05, 0) is 50.3 Å². The summed E-state index contributed by atoms with van der Waals surface area (Å²) in [5, 5.41) is 3.38. The number of aryl methyl sites for hydroxylation is 1. The fourth-order valence-corrected chi connectivity index (χ4v) is 2.95. The van der Waals surface area contributed by atoms with Gasteiger partial charge in [0.15, 0.2) is 0 Å². The van der Waals surface area contributed by atoms with Gasteiger partial charge in [-0.25, -0.2) is 0 Å². The standard InChI is InChI=1S/C17H29NO2/c1-4-8-18-11-17-14(3)10-16(20-17)12-19-15-7-5-6-13(2)9-15/h10,13,15,18H,4-9,11-12H2,1-3H3. The van der Waals surface area contributed by atoms with Crippen LogP contribution in [-0.4, -0.2) is 12.6 Å².